The van der Waals surface area contributed by atoms with Crippen LogP contribution in [0.25, 0.3) is 0 Å². The van der Waals surface area contributed by atoms with Gasteiger partial charge in [-0.3, -0.25) is 4.79 Å². The van der Waals surface area contributed by atoms with Crippen LogP contribution >= 0.6 is 0 Å². The summed E-state index contributed by atoms with van der Waals surface area (Å²) in [6.07, 6.45) is 8.61. The van der Waals surface area contributed by atoms with Crippen LogP contribution in [0.5, 0.6) is 0 Å². The van der Waals surface area contributed by atoms with Gasteiger partial charge in [0.2, 0.25) is 0 Å². The van der Waals surface area contributed by atoms with Crippen molar-refractivity contribution < 1.29 is 24.2 Å². The first-order valence-corrected chi connectivity index (χ1v) is 11.1. The van der Waals surface area contributed by atoms with Gasteiger partial charge in [-0.1, -0.05) is 13.8 Å². The molecule has 0 radical (unpaired) electrons. The van der Waals surface area contributed by atoms with Crippen molar-refractivity contribution in [2.24, 2.45) is 28.6 Å². The number of Topliss-reactive ketones (excluding diaryl/α,β-unsaturated/α-hetero) is 1. The van der Waals surface area contributed by atoms with Crippen LogP contribution < -0.4 is 0 Å². The Labute approximate surface area is 165 Å². The Morgan fingerprint density at radius 2 is 1.79 bits per heavy atom. The van der Waals surface area contributed by atoms with Crippen LogP contribution in [0.15, 0.2) is 11.6 Å². The number of ketones is 1. The van der Waals surface area contributed by atoms with Gasteiger partial charge in [-0.2, -0.15) is 0 Å². The standard InChI is InChI=1S/C23H30O5/c1-20-7-3-15-16(5-10-23-19(28-23)17(24)6-8-21(15,23)2)22(20,26)9-4-14(20)13-11-18(25)27-12-13/h11,14-16,19,26H,3-10,12H2,1-2H3/t14-,15+,16-,19+,20-,21-,22+,23+/m1/s1. The van der Waals surface area contributed by atoms with Crippen LogP contribution in [-0.4, -0.2) is 40.8 Å². The fourth-order valence-electron chi connectivity index (χ4n) is 8.65. The summed E-state index contributed by atoms with van der Waals surface area (Å²) in [5.41, 5.74) is -0.0868. The molecule has 2 aliphatic heterocycles. The van der Waals surface area contributed by atoms with Crippen molar-refractivity contribution in [3.05, 3.63) is 11.6 Å². The molecule has 8 atom stereocenters. The highest BCUT2D eigenvalue weighted by atomic mass is 16.6. The number of cyclic esters (lactones) is 1. The summed E-state index contributed by atoms with van der Waals surface area (Å²) in [6.45, 7) is 4.97. The third kappa shape index (κ3) is 1.78. The molecule has 1 spiro atoms. The van der Waals surface area contributed by atoms with Gasteiger partial charge in [-0.05, 0) is 68.3 Å². The van der Waals surface area contributed by atoms with E-state index >= 15 is 0 Å². The lowest BCUT2D eigenvalue weighted by atomic mass is 9.43. The first-order chi connectivity index (χ1) is 13.3. The summed E-state index contributed by atoms with van der Waals surface area (Å²) in [5, 5.41) is 12.2. The molecule has 0 aromatic rings. The van der Waals surface area contributed by atoms with Crippen LogP contribution in [0.3, 0.4) is 0 Å². The highest BCUT2D eigenvalue weighted by Gasteiger charge is 2.78. The van der Waals surface area contributed by atoms with E-state index < -0.39 is 5.60 Å². The number of esters is 1. The second-order valence-corrected chi connectivity index (χ2v) is 10.8. The average Bonchev–Trinajstić information content (AvgIpc) is 3.16. The van der Waals surface area contributed by atoms with E-state index in [0.717, 1.165) is 50.5 Å². The largest absolute Gasteiger partial charge is 0.458 e. The zero-order valence-corrected chi connectivity index (χ0v) is 16.8. The molecule has 5 fully saturated rings. The maximum Gasteiger partial charge on any atom is 0.331 e. The van der Waals surface area contributed by atoms with Crippen molar-refractivity contribution >= 4 is 11.8 Å². The van der Waals surface area contributed by atoms with Crippen LogP contribution in [0.1, 0.15) is 65.2 Å². The highest BCUT2D eigenvalue weighted by Crippen LogP contribution is 2.74. The van der Waals surface area contributed by atoms with E-state index in [2.05, 4.69) is 13.8 Å². The fourth-order valence-corrected chi connectivity index (χ4v) is 8.65. The molecule has 0 unspecified atom stereocenters. The van der Waals surface area contributed by atoms with Gasteiger partial charge in [0, 0.05) is 23.3 Å². The maximum absolute atomic E-state index is 12.3. The molecule has 0 aromatic carbocycles. The first kappa shape index (κ1) is 17.6. The minimum absolute atomic E-state index is 0.00462. The lowest BCUT2D eigenvalue weighted by Gasteiger charge is -2.62. The SMILES string of the molecule is C[C@]12CCC(=O)[C@@H]3O[C@@]31CC[C@@H]1[C@@H]2CC[C@]2(C)[C@@H](C3=CC(=O)OC3)CC[C@]12O. The third-order valence-electron chi connectivity index (χ3n) is 10.3. The second-order valence-electron chi connectivity index (χ2n) is 10.8. The molecule has 5 nitrogen and oxygen atoms in total. The number of ether oxygens (including phenoxy) is 2. The predicted octanol–water partition coefficient (Wildman–Crippen LogP) is 2.94. The van der Waals surface area contributed by atoms with Crippen molar-refractivity contribution in [1.82, 2.24) is 0 Å². The van der Waals surface area contributed by atoms with Crippen molar-refractivity contribution in [3.63, 3.8) is 0 Å². The molecule has 6 rings (SSSR count). The van der Waals surface area contributed by atoms with Crippen LogP contribution in [-0.2, 0) is 19.1 Å². The lowest BCUT2D eigenvalue weighted by Crippen LogP contribution is -2.64. The molecule has 0 bridgehead atoms. The molecule has 2 heterocycles. The number of carbonyl (C=O) groups is 2. The zero-order chi connectivity index (χ0) is 19.5. The Morgan fingerprint density at radius 1 is 1.00 bits per heavy atom. The van der Waals surface area contributed by atoms with Crippen molar-refractivity contribution in [2.75, 3.05) is 6.61 Å². The Kier molecular flexibility index (Phi) is 3.21. The lowest BCUT2D eigenvalue weighted by molar-refractivity contribution is -0.203. The van der Waals surface area contributed by atoms with Gasteiger partial charge in [0.05, 0.1) is 5.60 Å². The van der Waals surface area contributed by atoms with Crippen LogP contribution in [0.2, 0.25) is 0 Å². The molecular formula is C23H30O5. The van der Waals surface area contributed by atoms with E-state index in [0.29, 0.717) is 18.9 Å². The van der Waals surface area contributed by atoms with Gasteiger partial charge in [0.1, 0.15) is 18.3 Å². The smallest absolute Gasteiger partial charge is 0.331 e. The minimum Gasteiger partial charge on any atom is -0.458 e. The molecule has 0 amide bonds. The molecule has 1 N–H and O–H groups in total. The topological polar surface area (TPSA) is 76.1 Å². The number of aliphatic hydroxyl groups is 1. The molecular weight excluding hydrogens is 356 g/mol. The van der Waals surface area contributed by atoms with E-state index in [9.17, 15) is 14.7 Å². The van der Waals surface area contributed by atoms with E-state index in [1.54, 1.807) is 6.08 Å². The predicted molar refractivity (Wildman–Crippen MR) is 100 cm³/mol. The number of carbonyl (C=O) groups excluding carboxylic acids is 2. The Hall–Kier alpha value is -1.20. The number of rotatable bonds is 1. The van der Waals surface area contributed by atoms with Gasteiger partial charge in [0.25, 0.3) is 0 Å². The molecule has 5 heteroatoms. The highest BCUT2D eigenvalue weighted by molar-refractivity contribution is 5.88. The summed E-state index contributed by atoms with van der Waals surface area (Å²) < 4.78 is 11.3. The molecule has 28 heavy (non-hydrogen) atoms. The molecule has 4 aliphatic carbocycles. The summed E-state index contributed by atoms with van der Waals surface area (Å²) in [4.78, 5) is 23.9. The van der Waals surface area contributed by atoms with E-state index in [4.69, 9.17) is 9.47 Å². The molecule has 4 saturated carbocycles. The minimum atomic E-state index is -0.705. The Bertz CT molecular complexity index is 818. The maximum atomic E-state index is 12.3. The van der Waals surface area contributed by atoms with Crippen LogP contribution in [0, 0.1) is 28.6 Å². The monoisotopic (exact) mass is 386 g/mol. The molecule has 6 aliphatic rings. The summed E-state index contributed by atoms with van der Waals surface area (Å²) >= 11 is 0. The number of fused-ring (bicyclic) bond motifs is 4. The quantitative estimate of drug-likeness (QED) is 0.554. The summed E-state index contributed by atoms with van der Waals surface area (Å²) in [5.74, 6) is 0.939. The number of epoxide rings is 1. The summed E-state index contributed by atoms with van der Waals surface area (Å²) in [6, 6.07) is 0. The Morgan fingerprint density at radius 3 is 2.54 bits per heavy atom. The van der Waals surface area contributed by atoms with Gasteiger partial charge >= 0.3 is 5.97 Å². The van der Waals surface area contributed by atoms with Gasteiger partial charge in [0.15, 0.2) is 5.78 Å². The molecule has 1 saturated heterocycles. The molecule has 0 aromatic heterocycles. The average molecular weight is 386 g/mol. The molecule has 152 valence electrons. The van der Waals surface area contributed by atoms with E-state index in [1.807, 2.05) is 0 Å². The third-order valence-corrected chi connectivity index (χ3v) is 10.3. The van der Waals surface area contributed by atoms with Crippen LogP contribution in [0.4, 0.5) is 0 Å². The zero-order valence-electron chi connectivity index (χ0n) is 16.8. The second kappa shape index (κ2) is 5.10. The van der Waals surface area contributed by atoms with E-state index in [1.165, 1.54) is 0 Å². The van der Waals surface area contributed by atoms with Gasteiger partial charge < -0.3 is 14.6 Å². The van der Waals surface area contributed by atoms with Gasteiger partial charge in [-0.25, -0.2) is 4.79 Å². The van der Waals surface area contributed by atoms with Crippen molar-refractivity contribution in [2.45, 2.75) is 82.5 Å². The van der Waals surface area contributed by atoms with Gasteiger partial charge in [-0.15, -0.1) is 0 Å². The Balaban J connectivity index is 1.36. The number of hydrogen-bond acceptors (Lipinski definition) is 5. The van der Waals surface area contributed by atoms with E-state index in [-0.39, 0.29) is 46.1 Å². The van der Waals surface area contributed by atoms with Crippen molar-refractivity contribution in [3.8, 4) is 0 Å². The normalized spacial score (nSPS) is 56.9. The first-order valence-electron chi connectivity index (χ1n) is 11.1. The number of hydrogen-bond donors (Lipinski definition) is 1. The fraction of sp³-hybridized carbons (Fsp3) is 0.826. The summed E-state index contributed by atoms with van der Waals surface area (Å²) in [7, 11) is 0. The van der Waals surface area contributed by atoms with Crippen molar-refractivity contribution in [1.29, 1.82) is 0 Å².